The summed E-state index contributed by atoms with van der Waals surface area (Å²) in [5.74, 6) is 0.212. The highest BCUT2D eigenvalue weighted by molar-refractivity contribution is 5.82. The fourth-order valence-corrected chi connectivity index (χ4v) is 3.94. The summed E-state index contributed by atoms with van der Waals surface area (Å²) in [7, 11) is 0. The minimum Gasteiger partial charge on any atom is -0.377 e. The van der Waals surface area contributed by atoms with Crippen molar-refractivity contribution < 1.29 is 14.3 Å². The van der Waals surface area contributed by atoms with Crippen molar-refractivity contribution in [2.24, 2.45) is 5.92 Å². The monoisotopic (exact) mass is 344 g/mol. The highest BCUT2D eigenvalue weighted by atomic mass is 16.5. The smallest absolute Gasteiger partial charge is 0.228 e. The summed E-state index contributed by atoms with van der Waals surface area (Å²) in [4.78, 5) is 29.5. The van der Waals surface area contributed by atoms with Crippen molar-refractivity contribution in [3.8, 4) is 0 Å². The maximum absolute atomic E-state index is 13.0. The Bertz CT molecular complexity index is 594. The number of carbonyl (C=O) groups is 2. The van der Waals surface area contributed by atoms with Crippen LogP contribution in [0.5, 0.6) is 0 Å². The maximum atomic E-state index is 13.0. The highest BCUT2D eigenvalue weighted by Crippen LogP contribution is 2.24. The van der Waals surface area contributed by atoms with E-state index in [0.717, 1.165) is 24.9 Å². The first kappa shape index (κ1) is 17.9. The molecule has 2 aliphatic heterocycles. The number of nitrogens with zero attached hydrogens (tertiary/aromatic N) is 2. The Morgan fingerprint density at radius 3 is 2.48 bits per heavy atom. The zero-order valence-electron chi connectivity index (χ0n) is 15.2. The van der Waals surface area contributed by atoms with Gasteiger partial charge in [-0.2, -0.15) is 0 Å². The van der Waals surface area contributed by atoms with E-state index in [1.165, 1.54) is 0 Å². The number of likely N-dealkylation sites (tertiary alicyclic amines) is 1. The van der Waals surface area contributed by atoms with Crippen LogP contribution in [0.15, 0.2) is 30.3 Å². The van der Waals surface area contributed by atoms with Gasteiger partial charge in [-0.15, -0.1) is 0 Å². The minimum absolute atomic E-state index is 0.0866. The topological polar surface area (TPSA) is 49.9 Å². The Hall–Kier alpha value is -1.88. The molecular weight excluding hydrogens is 316 g/mol. The van der Waals surface area contributed by atoms with E-state index < -0.39 is 0 Å². The van der Waals surface area contributed by atoms with E-state index in [1.54, 1.807) is 0 Å². The van der Waals surface area contributed by atoms with Crippen LogP contribution in [0, 0.1) is 5.92 Å². The number of carbonyl (C=O) groups excluding carboxylic acids is 2. The lowest BCUT2D eigenvalue weighted by Gasteiger charge is -2.42. The second-order valence-electron chi connectivity index (χ2n) is 7.32. The molecule has 5 nitrogen and oxygen atoms in total. The number of hydrogen-bond donors (Lipinski definition) is 0. The third kappa shape index (κ3) is 4.21. The van der Waals surface area contributed by atoms with Crippen LogP contribution in [0.4, 0.5) is 0 Å². The first-order valence-corrected chi connectivity index (χ1v) is 9.28. The Morgan fingerprint density at radius 1 is 1.12 bits per heavy atom. The van der Waals surface area contributed by atoms with Gasteiger partial charge in [0.15, 0.2) is 0 Å². The van der Waals surface area contributed by atoms with E-state index in [0.29, 0.717) is 26.2 Å². The molecule has 0 aliphatic carbocycles. The Morgan fingerprint density at radius 2 is 1.80 bits per heavy atom. The summed E-state index contributed by atoms with van der Waals surface area (Å²) in [5.41, 5.74) is 1.02. The first-order valence-electron chi connectivity index (χ1n) is 9.28. The van der Waals surface area contributed by atoms with Gasteiger partial charge in [0.1, 0.15) is 0 Å². The molecule has 136 valence electrons. The quantitative estimate of drug-likeness (QED) is 0.844. The third-order valence-electron chi connectivity index (χ3n) is 5.24. The molecule has 0 spiro atoms. The number of rotatable bonds is 3. The van der Waals surface area contributed by atoms with Crippen LogP contribution >= 0.6 is 0 Å². The van der Waals surface area contributed by atoms with Gasteiger partial charge in [-0.25, -0.2) is 0 Å². The number of morpholine rings is 1. The van der Waals surface area contributed by atoms with Crippen molar-refractivity contribution in [2.45, 2.75) is 45.2 Å². The van der Waals surface area contributed by atoms with Crippen LogP contribution in [0.25, 0.3) is 0 Å². The average molecular weight is 344 g/mol. The van der Waals surface area contributed by atoms with Gasteiger partial charge in [0.05, 0.1) is 37.6 Å². The molecule has 2 amide bonds. The van der Waals surface area contributed by atoms with E-state index >= 15 is 0 Å². The van der Waals surface area contributed by atoms with E-state index in [2.05, 4.69) is 0 Å². The van der Waals surface area contributed by atoms with Crippen LogP contribution in [0.3, 0.4) is 0 Å². The van der Waals surface area contributed by atoms with Crippen LogP contribution in [0.1, 0.15) is 32.3 Å². The molecule has 0 radical (unpaired) electrons. The predicted molar refractivity (Wildman–Crippen MR) is 96.0 cm³/mol. The summed E-state index contributed by atoms with van der Waals surface area (Å²) in [5, 5.41) is 0. The van der Waals surface area contributed by atoms with Gasteiger partial charge in [-0.1, -0.05) is 30.3 Å². The average Bonchev–Trinajstić information content (AvgIpc) is 2.62. The van der Waals surface area contributed by atoms with Gasteiger partial charge in [-0.3, -0.25) is 9.59 Å². The molecule has 3 rings (SSSR count). The maximum Gasteiger partial charge on any atom is 0.228 e. The Labute approximate surface area is 149 Å². The summed E-state index contributed by atoms with van der Waals surface area (Å²) >= 11 is 0. The molecule has 3 atom stereocenters. The zero-order chi connectivity index (χ0) is 17.8. The fraction of sp³-hybridized carbons (Fsp3) is 0.600. The highest BCUT2D eigenvalue weighted by Gasteiger charge is 2.36. The van der Waals surface area contributed by atoms with Crippen molar-refractivity contribution in [1.29, 1.82) is 0 Å². The molecule has 3 unspecified atom stereocenters. The minimum atomic E-state index is -0.0866. The normalized spacial score (nSPS) is 27.2. The zero-order valence-corrected chi connectivity index (χ0v) is 15.2. The summed E-state index contributed by atoms with van der Waals surface area (Å²) in [6, 6.07) is 10.0. The molecule has 25 heavy (non-hydrogen) atoms. The van der Waals surface area contributed by atoms with Crippen molar-refractivity contribution in [2.75, 3.05) is 26.3 Å². The van der Waals surface area contributed by atoms with Crippen LogP contribution < -0.4 is 0 Å². The van der Waals surface area contributed by atoms with Crippen molar-refractivity contribution >= 4 is 11.8 Å². The van der Waals surface area contributed by atoms with Gasteiger partial charge < -0.3 is 14.5 Å². The second-order valence-corrected chi connectivity index (χ2v) is 7.32. The van der Waals surface area contributed by atoms with Gasteiger partial charge in [0.25, 0.3) is 0 Å². The molecule has 2 fully saturated rings. The lowest BCUT2D eigenvalue weighted by molar-refractivity contribution is -0.151. The van der Waals surface area contributed by atoms with Crippen molar-refractivity contribution in [3.05, 3.63) is 35.9 Å². The van der Waals surface area contributed by atoms with Crippen LogP contribution in [-0.2, 0) is 20.7 Å². The molecule has 5 heteroatoms. The van der Waals surface area contributed by atoms with Gasteiger partial charge >= 0.3 is 0 Å². The molecule has 0 saturated carbocycles. The SMILES string of the molecule is CC1COCC(C)N1C(=O)C1CCCN(C(=O)Cc2ccccc2)C1. The molecule has 1 aromatic carbocycles. The summed E-state index contributed by atoms with van der Waals surface area (Å²) < 4.78 is 5.53. The lowest BCUT2D eigenvalue weighted by atomic mass is 9.94. The molecule has 0 bridgehead atoms. The number of hydrogen-bond acceptors (Lipinski definition) is 3. The van der Waals surface area contributed by atoms with E-state index in [4.69, 9.17) is 4.74 Å². The standard InChI is InChI=1S/C20H28N2O3/c1-15-13-25-14-16(2)22(15)20(24)18-9-6-10-21(12-18)19(23)11-17-7-4-3-5-8-17/h3-5,7-8,15-16,18H,6,9-14H2,1-2H3. The van der Waals surface area contributed by atoms with Gasteiger partial charge in [-0.05, 0) is 32.3 Å². The molecule has 2 heterocycles. The van der Waals surface area contributed by atoms with Crippen molar-refractivity contribution in [1.82, 2.24) is 9.80 Å². The van der Waals surface area contributed by atoms with Crippen molar-refractivity contribution in [3.63, 3.8) is 0 Å². The molecule has 1 aromatic rings. The third-order valence-corrected chi connectivity index (χ3v) is 5.24. The number of ether oxygens (including phenoxy) is 1. The lowest BCUT2D eigenvalue weighted by Crippen LogP contribution is -2.56. The number of benzene rings is 1. The van der Waals surface area contributed by atoms with E-state index in [-0.39, 0.29) is 29.8 Å². The van der Waals surface area contributed by atoms with Gasteiger partial charge in [0, 0.05) is 13.1 Å². The summed E-state index contributed by atoms with van der Waals surface area (Å²) in [6.07, 6.45) is 2.17. The summed E-state index contributed by atoms with van der Waals surface area (Å²) in [6.45, 7) is 6.56. The molecule has 2 saturated heterocycles. The van der Waals surface area contributed by atoms with E-state index in [9.17, 15) is 9.59 Å². The fourth-order valence-electron chi connectivity index (χ4n) is 3.94. The second kappa shape index (κ2) is 8.00. The molecule has 0 N–H and O–H groups in total. The Kier molecular flexibility index (Phi) is 5.74. The van der Waals surface area contributed by atoms with Crippen LogP contribution in [-0.4, -0.2) is 60.0 Å². The molecular formula is C20H28N2O3. The van der Waals surface area contributed by atoms with Gasteiger partial charge in [0.2, 0.25) is 11.8 Å². The number of piperidine rings is 1. The number of amides is 2. The molecule has 2 aliphatic rings. The van der Waals surface area contributed by atoms with E-state index in [1.807, 2.05) is 54.0 Å². The first-order chi connectivity index (χ1) is 12.1. The molecule has 0 aromatic heterocycles. The largest absolute Gasteiger partial charge is 0.377 e. The van der Waals surface area contributed by atoms with Crippen LogP contribution in [0.2, 0.25) is 0 Å². The Balaban J connectivity index is 1.62. The predicted octanol–water partition coefficient (Wildman–Crippen LogP) is 2.10.